The Morgan fingerprint density at radius 1 is 1.13 bits per heavy atom. The molecule has 9 heteroatoms. The molecule has 2 rings (SSSR count). The van der Waals surface area contributed by atoms with Gasteiger partial charge < -0.3 is 19.5 Å². The first-order valence-corrected chi connectivity index (χ1v) is 10.5. The quantitative estimate of drug-likeness (QED) is 0.297. The van der Waals surface area contributed by atoms with Crippen molar-refractivity contribution in [3.05, 3.63) is 46.4 Å². The number of halogens is 1. The molecule has 31 heavy (non-hydrogen) atoms. The zero-order valence-corrected chi connectivity index (χ0v) is 19.5. The van der Waals surface area contributed by atoms with Crippen LogP contribution < -0.4 is 25.0 Å². The molecule has 2 aromatic carbocycles. The minimum absolute atomic E-state index is 0.445. The molecule has 0 radical (unpaired) electrons. The van der Waals surface area contributed by atoms with E-state index in [0.29, 0.717) is 39.6 Å². The van der Waals surface area contributed by atoms with Crippen LogP contribution in [0.5, 0.6) is 17.2 Å². The molecular weight excluding hydrogens is 466 g/mol. The highest BCUT2D eigenvalue weighted by Gasteiger charge is 2.21. The van der Waals surface area contributed by atoms with Crippen LogP contribution in [0.25, 0.3) is 0 Å². The first-order chi connectivity index (χ1) is 14.9. The lowest BCUT2D eigenvalue weighted by atomic mass is 10.1. The highest BCUT2D eigenvalue weighted by Crippen LogP contribution is 2.36. The predicted octanol–water partition coefficient (Wildman–Crippen LogP) is 3.98. The Hall–Kier alpha value is -3.07. The van der Waals surface area contributed by atoms with Gasteiger partial charge in [-0.3, -0.25) is 9.59 Å². The number of ether oxygens (including phenoxy) is 3. The molecule has 2 aromatic rings. The number of hydrazone groups is 1. The Labute approximate surface area is 190 Å². The van der Waals surface area contributed by atoms with Gasteiger partial charge in [0.1, 0.15) is 11.7 Å². The van der Waals surface area contributed by atoms with Crippen LogP contribution in [-0.4, -0.2) is 38.9 Å². The molecule has 0 aliphatic heterocycles. The number of hydrogen-bond donors (Lipinski definition) is 2. The number of nitrogens with zero attached hydrogens (tertiary/aromatic N) is 1. The van der Waals surface area contributed by atoms with Crippen LogP contribution in [0, 0.1) is 5.92 Å². The monoisotopic (exact) mass is 491 g/mol. The summed E-state index contributed by atoms with van der Waals surface area (Å²) >= 11 is 3.46. The highest BCUT2D eigenvalue weighted by molar-refractivity contribution is 9.10. The smallest absolute Gasteiger partial charge is 0.252 e. The molecule has 8 nitrogen and oxygen atoms in total. The summed E-state index contributed by atoms with van der Waals surface area (Å²) in [6.45, 7) is 4.08. The third-order valence-corrected chi connectivity index (χ3v) is 4.82. The maximum absolute atomic E-state index is 12.3. The summed E-state index contributed by atoms with van der Waals surface area (Å²) in [7, 11) is 3.11. The summed E-state index contributed by atoms with van der Waals surface area (Å²) in [5.74, 6) is -0.0928. The zero-order chi connectivity index (χ0) is 22.8. The third-order valence-electron chi connectivity index (χ3n) is 4.23. The summed E-state index contributed by atoms with van der Waals surface area (Å²) in [5, 5.41) is 6.63. The molecule has 1 atom stereocenters. The Kier molecular flexibility index (Phi) is 9.33. The average Bonchev–Trinajstić information content (AvgIpc) is 2.77. The van der Waals surface area contributed by atoms with Crippen molar-refractivity contribution >= 4 is 39.6 Å². The molecular formula is C22H26BrN3O5. The predicted molar refractivity (Wildman–Crippen MR) is 123 cm³/mol. The second-order valence-corrected chi connectivity index (χ2v) is 7.41. The Morgan fingerprint density at radius 3 is 2.45 bits per heavy atom. The van der Waals surface area contributed by atoms with E-state index in [2.05, 4.69) is 31.8 Å². The number of rotatable bonds is 10. The SMILES string of the molecule is CCCOc1c(Br)cc(C=NNC(=O)C(C)C(=O)Nc2ccc(OC)cc2)cc1OC. The molecule has 1 unspecified atom stereocenters. The number of benzene rings is 2. The molecule has 0 heterocycles. The molecule has 0 aliphatic rings. The van der Waals surface area contributed by atoms with Crippen molar-refractivity contribution in [2.45, 2.75) is 20.3 Å². The van der Waals surface area contributed by atoms with E-state index in [4.69, 9.17) is 14.2 Å². The van der Waals surface area contributed by atoms with E-state index in [1.165, 1.54) is 13.1 Å². The first-order valence-electron chi connectivity index (χ1n) is 9.67. The lowest BCUT2D eigenvalue weighted by molar-refractivity contribution is -0.131. The maximum Gasteiger partial charge on any atom is 0.252 e. The van der Waals surface area contributed by atoms with E-state index in [0.717, 1.165) is 6.42 Å². The van der Waals surface area contributed by atoms with E-state index in [-0.39, 0.29) is 0 Å². The van der Waals surface area contributed by atoms with Gasteiger partial charge in [-0.25, -0.2) is 5.43 Å². The van der Waals surface area contributed by atoms with Crippen molar-refractivity contribution in [3.8, 4) is 17.2 Å². The van der Waals surface area contributed by atoms with Gasteiger partial charge in [0.25, 0.3) is 5.91 Å². The third kappa shape index (κ3) is 6.99. The van der Waals surface area contributed by atoms with Gasteiger partial charge in [-0.05, 0) is 71.2 Å². The van der Waals surface area contributed by atoms with Crippen molar-refractivity contribution in [1.29, 1.82) is 0 Å². The summed E-state index contributed by atoms with van der Waals surface area (Å²) in [6.07, 6.45) is 2.33. The molecule has 0 fully saturated rings. The van der Waals surface area contributed by atoms with Crippen LogP contribution in [0.1, 0.15) is 25.8 Å². The molecule has 0 saturated heterocycles. The van der Waals surface area contributed by atoms with Crippen LogP contribution >= 0.6 is 15.9 Å². The normalized spacial score (nSPS) is 11.6. The van der Waals surface area contributed by atoms with Crippen molar-refractivity contribution in [2.24, 2.45) is 11.0 Å². The number of carbonyl (C=O) groups excluding carboxylic acids is 2. The first kappa shape index (κ1) is 24.2. The Morgan fingerprint density at radius 2 is 1.84 bits per heavy atom. The van der Waals surface area contributed by atoms with Gasteiger partial charge in [-0.2, -0.15) is 5.10 Å². The largest absolute Gasteiger partial charge is 0.497 e. The molecule has 166 valence electrons. The Balaban J connectivity index is 1.97. The molecule has 0 bridgehead atoms. The summed E-state index contributed by atoms with van der Waals surface area (Å²) < 4.78 is 16.8. The van der Waals surface area contributed by atoms with Gasteiger partial charge in [-0.1, -0.05) is 6.92 Å². The maximum atomic E-state index is 12.3. The van der Waals surface area contributed by atoms with E-state index in [1.54, 1.807) is 50.6 Å². The fourth-order valence-corrected chi connectivity index (χ4v) is 3.04. The van der Waals surface area contributed by atoms with Crippen molar-refractivity contribution < 1.29 is 23.8 Å². The van der Waals surface area contributed by atoms with Crippen LogP contribution in [-0.2, 0) is 9.59 Å². The molecule has 2 N–H and O–H groups in total. The number of methoxy groups -OCH3 is 2. The van der Waals surface area contributed by atoms with Crippen LogP contribution in [0.4, 0.5) is 5.69 Å². The van der Waals surface area contributed by atoms with Crippen LogP contribution in [0.3, 0.4) is 0 Å². The molecule has 0 saturated carbocycles. The van der Waals surface area contributed by atoms with Gasteiger partial charge in [0.15, 0.2) is 11.5 Å². The number of anilines is 1. The van der Waals surface area contributed by atoms with E-state index < -0.39 is 17.7 Å². The van der Waals surface area contributed by atoms with Crippen molar-refractivity contribution in [3.63, 3.8) is 0 Å². The van der Waals surface area contributed by atoms with E-state index in [9.17, 15) is 9.59 Å². The number of nitrogens with one attached hydrogen (secondary N) is 2. The molecule has 0 aromatic heterocycles. The minimum Gasteiger partial charge on any atom is -0.497 e. The number of amides is 2. The number of carbonyl (C=O) groups is 2. The molecule has 0 aliphatic carbocycles. The fourth-order valence-electron chi connectivity index (χ4n) is 2.47. The minimum atomic E-state index is -0.939. The Bertz CT molecular complexity index is 931. The lowest BCUT2D eigenvalue weighted by Crippen LogP contribution is -2.34. The summed E-state index contributed by atoms with van der Waals surface area (Å²) in [4.78, 5) is 24.6. The average molecular weight is 492 g/mol. The number of hydrogen-bond acceptors (Lipinski definition) is 6. The topological polar surface area (TPSA) is 98.2 Å². The second-order valence-electron chi connectivity index (χ2n) is 6.56. The van der Waals surface area contributed by atoms with Crippen LogP contribution in [0.2, 0.25) is 0 Å². The molecule has 0 spiro atoms. The van der Waals surface area contributed by atoms with Gasteiger partial charge >= 0.3 is 0 Å². The fraction of sp³-hybridized carbons (Fsp3) is 0.318. The van der Waals surface area contributed by atoms with Crippen molar-refractivity contribution in [2.75, 3.05) is 26.1 Å². The van der Waals surface area contributed by atoms with E-state index >= 15 is 0 Å². The second kappa shape index (κ2) is 11.9. The summed E-state index contributed by atoms with van der Waals surface area (Å²) in [5.41, 5.74) is 3.63. The van der Waals surface area contributed by atoms with Crippen LogP contribution in [0.15, 0.2) is 46.0 Å². The zero-order valence-electron chi connectivity index (χ0n) is 17.9. The molecule has 2 amide bonds. The van der Waals surface area contributed by atoms with Gasteiger partial charge in [0.2, 0.25) is 5.91 Å². The van der Waals surface area contributed by atoms with E-state index in [1.807, 2.05) is 6.92 Å². The van der Waals surface area contributed by atoms with Gasteiger partial charge in [-0.15, -0.1) is 0 Å². The van der Waals surface area contributed by atoms with Gasteiger partial charge in [0, 0.05) is 5.69 Å². The lowest BCUT2D eigenvalue weighted by Gasteiger charge is -2.13. The summed E-state index contributed by atoms with van der Waals surface area (Å²) in [6, 6.07) is 10.4. The van der Waals surface area contributed by atoms with Gasteiger partial charge in [0.05, 0.1) is 31.5 Å². The standard InChI is InChI=1S/C22H26BrN3O5/c1-5-10-31-20-18(23)11-15(12-19(20)30-4)13-24-26-22(28)14(2)21(27)25-16-6-8-17(29-3)9-7-16/h6-9,11-14H,5,10H2,1-4H3,(H,25,27)(H,26,28). The highest BCUT2D eigenvalue weighted by atomic mass is 79.9. The van der Waals surface area contributed by atoms with Crippen molar-refractivity contribution in [1.82, 2.24) is 5.43 Å².